The highest BCUT2D eigenvalue weighted by molar-refractivity contribution is 9.10. The Balaban J connectivity index is 1.97. The number of carbonyl (C=O) groups is 1. The highest BCUT2D eigenvalue weighted by atomic mass is 79.9. The van der Waals surface area contributed by atoms with Crippen LogP contribution in [0.3, 0.4) is 0 Å². The van der Waals surface area contributed by atoms with Gasteiger partial charge in [-0.3, -0.25) is 4.79 Å². The van der Waals surface area contributed by atoms with Crippen molar-refractivity contribution in [2.24, 2.45) is 0 Å². The summed E-state index contributed by atoms with van der Waals surface area (Å²) in [6, 6.07) is 10.8. The summed E-state index contributed by atoms with van der Waals surface area (Å²) < 4.78 is 32.2. The summed E-state index contributed by atoms with van der Waals surface area (Å²) in [4.78, 5) is 12.0. The SMILES string of the molecule is COc1ccc(NC(=O)CNS(=O)(=O)c2ccc(Br)cc2)cc1Cl. The molecule has 2 rings (SSSR count). The molecule has 0 aliphatic heterocycles. The summed E-state index contributed by atoms with van der Waals surface area (Å²) in [5.74, 6) is -0.0393. The topological polar surface area (TPSA) is 84.5 Å². The van der Waals surface area contributed by atoms with Crippen LogP contribution in [0.25, 0.3) is 0 Å². The first-order valence-electron chi connectivity index (χ1n) is 6.70. The molecule has 1 amide bonds. The Morgan fingerprint density at radius 2 is 1.88 bits per heavy atom. The van der Waals surface area contributed by atoms with Crippen LogP contribution in [0.5, 0.6) is 5.75 Å². The first kappa shape index (κ1) is 18.7. The molecule has 0 saturated heterocycles. The van der Waals surface area contributed by atoms with Crippen molar-refractivity contribution in [3.63, 3.8) is 0 Å². The number of sulfonamides is 1. The highest BCUT2D eigenvalue weighted by Gasteiger charge is 2.15. The predicted octanol–water partition coefficient (Wildman–Crippen LogP) is 3.03. The van der Waals surface area contributed by atoms with E-state index in [1.54, 1.807) is 24.3 Å². The summed E-state index contributed by atoms with van der Waals surface area (Å²) in [6.07, 6.45) is 0. The Morgan fingerprint density at radius 1 is 1.21 bits per heavy atom. The van der Waals surface area contributed by atoms with Crippen LogP contribution >= 0.6 is 27.5 Å². The zero-order chi connectivity index (χ0) is 17.7. The normalized spacial score (nSPS) is 11.1. The summed E-state index contributed by atoms with van der Waals surface area (Å²) in [7, 11) is -2.28. The number of amides is 1. The van der Waals surface area contributed by atoms with E-state index in [-0.39, 0.29) is 4.90 Å². The van der Waals surface area contributed by atoms with Crippen LogP contribution < -0.4 is 14.8 Å². The smallest absolute Gasteiger partial charge is 0.241 e. The van der Waals surface area contributed by atoms with Gasteiger partial charge in [0.25, 0.3) is 0 Å². The Labute approximate surface area is 153 Å². The van der Waals surface area contributed by atoms with E-state index in [1.807, 2.05) is 0 Å². The van der Waals surface area contributed by atoms with E-state index in [1.165, 1.54) is 25.3 Å². The number of methoxy groups -OCH3 is 1. The van der Waals surface area contributed by atoms with Crippen molar-refractivity contribution in [2.75, 3.05) is 19.0 Å². The second-order valence-corrected chi connectivity index (χ2v) is 7.77. The van der Waals surface area contributed by atoms with Gasteiger partial charge in [0.05, 0.1) is 23.6 Å². The molecule has 0 aromatic heterocycles. The fraction of sp³-hybridized carbons (Fsp3) is 0.133. The lowest BCUT2D eigenvalue weighted by molar-refractivity contribution is -0.115. The van der Waals surface area contributed by atoms with Crippen molar-refractivity contribution < 1.29 is 17.9 Å². The number of halogens is 2. The second-order valence-electron chi connectivity index (χ2n) is 4.68. The number of hydrogen-bond acceptors (Lipinski definition) is 4. The number of carbonyl (C=O) groups excluding carboxylic acids is 1. The number of rotatable bonds is 6. The van der Waals surface area contributed by atoms with Crippen LogP contribution in [0.2, 0.25) is 5.02 Å². The lowest BCUT2D eigenvalue weighted by Crippen LogP contribution is -2.32. The molecule has 0 aliphatic carbocycles. The van der Waals surface area contributed by atoms with Crippen molar-refractivity contribution >= 4 is 49.1 Å². The standard InChI is InChI=1S/C15H14BrClN2O4S/c1-23-14-7-4-11(8-13(14)17)19-15(20)9-18-24(21,22)12-5-2-10(16)3-6-12/h2-8,18H,9H2,1H3,(H,19,20). The van der Waals surface area contributed by atoms with Gasteiger partial charge in [0.2, 0.25) is 15.9 Å². The third-order valence-corrected chi connectivity index (χ3v) is 5.22. The molecule has 128 valence electrons. The minimum Gasteiger partial charge on any atom is -0.495 e. The van der Waals surface area contributed by atoms with Crippen LogP contribution in [-0.2, 0) is 14.8 Å². The van der Waals surface area contributed by atoms with Gasteiger partial charge in [0.15, 0.2) is 0 Å². The number of benzene rings is 2. The van der Waals surface area contributed by atoms with Crippen LogP contribution in [0, 0.1) is 0 Å². The van der Waals surface area contributed by atoms with Crippen molar-refractivity contribution in [3.05, 3.63) is 52.0 Å². The van der Waals surface area contributed by atoms with Gasteiger partial charge in [-0.1, -0.05) is 27.5 Å². The first-order chi connectivity index (χ1) is 11.3. The van der Waals surface area contributed by atoms with Gasteiger partial charge in [0.1, 0.15) is 5.75 Å². The molecule has 0 radical (unpaired) electrons. The van der Waals surface area contributed by atoms with E-state index in [4.69, 9.17) is 16.3 Å². The van der Waals surface area contributed by atoms with E-state index < -0.39 is 22.5 Å². The average molecular weight is 434 g/mol. The molecule has 0 unspecified atom stereocenters. The number of ether oxygens (including phenoxy) is 1. The van der Waals surface area contributed by atoms with E-state index in [9.17, 15) is 13.2 Å². The Kier molecular flexibility index (Phi) is 6.22. The first-order valence-corrected chi connectivity index (χ1v) is 9.36. The molecule has 0 aliphatic rings. The summed E-state index contributed by atoms with van der Waals surface area (Å²) in [6.45, 7) is -0.401. The minimum atomic E-state index is -3.76. The van der Waals surface area contributed by atoms with Crippen LogP contribution in [-0.4, -0.2) is 28.0 Å². The van der Waals surface area contributed by atoms with Crippen LogP contribution in [0.15, 0.2) is 51.8 Å². The Hall–Kier alpha value is -1.61. The molecule has 6 nitrogen and oxygen atoms in total. The van der Waals surface area contributed by atoms with E-state index >= 15 is 0 Å². The molecule has 0 bridgehead atoms. The monoisotopic (exact) mass is 432 g/mol. The highest BCUT2D eigenvalue weighted by Crippen LogP contribution is 2.27. The summed E-state index contributed by atoms with van der Waals surface area (Å²) >= 11 is 9.19. The number of anilines is 1. The van der Waals surface area contributed by atoms with Crippen molar-refractivity contribution in [3.8, 4) is 5.75 Å². The molecule has 9 heteroatoms. The van der Waals surface area contributed by atoms with Crippen LogP contribution in [0.1, 0.15) is 0 Å². The maximum Gasteiger partial charge on any atom is 0.241 e. The van der Waals surface area contributed by atoms with Gasteiger partial charge in [-0.2, -0.15) is 0 Å². The van der Waals surface area contributed by atoms with Crippen LogP contribution in [0.4, 0.5) is 5.69 Å². The molecule has 0 fully saturated rings. The lowest BCUT2D eigenvalue weighted by Gasteiger charge is -2.09. The van der Waals surface area contributed by atoms with Gasteiger partial charge in [0, 0.05) is 10.2 Å². The van der Waals surface area contributed by atoms with E-state index in [0.29, 0.717) is 16.5 Å². The van der Waals surface area contributed by atoms with Gasteiger partial charge >= 0.3 is 0 Å². The molecule has 0 heterocycles. The molecule has 0 saturated carbocycles. The molecular formula is C15H14BrClN2O4S. The van der Waals surface area contributed by atoms with Gasteiger partial charge < -0.3 is 10.1 Å². The summed E-state index contributed by atoms with van der Waals surface area (Å²) in [5, 5.41) is 2.89. The number of nitrogens with one attached hydrogen (secondary N) is 2. The fourth-order valence-electron chi connectivity index (χ4n) is 1.81. The predicted molar refractivity (Wildman–Crippen MR) is 96.0 cm³/mol. The second kappa shape index (κ2) is 7.98. The molecule has 24 heavy (non-hydrogen) atoms. The largest absolute Gasteiger partial charge is 0.495 e. The van der Waals surface area contributed by atoms with Crippen molar-refractivity contribution in [1.29, 1.82) is 0 Å². The van der Waals surface area contributed by atoms with Crippen molar-refractivity contribution in [2.45, 2.75) is 4.90 Å². The molecule has 0 atom stereocenters. The third-order valence-electron chi connectivity index (χ3n) is 2.98. The zero-order valence-electron chi connectivity index (χ0n) is 12.5. The maximum atomic E-state index is 12.1. The quantitative estimate of drug-likeness (QED) is 0.733. The fourth-order valence-corrected chi connectivity index (χ4v) is 3.31. The molecule has 2 aromatic rings. The minimum absolute atomic E-state index is 0.0750. The molecule has 2 N–H and O–H groups in total. The maximum absolute atomic E-state index is 12.1. The molecule has 0 spiro atoms. The van der Waals surface area contributed by atoms with Gasteiger partial charge in [-0.15, -0.1) is 0 Å². The van der Waals surface area contributed by atoms with E-state index in [2.05, 4.69) is 26.0 Å². The van der Waals surface area contributed by atoms with E-state index in [0.717, 1.165) is 4.47 Å². The Bertz CT molecular complexity index is 841. The average Bonchev–Trinajstić information content (AvgIpc) is 2.54. The number of hydrogen-bond donors (Lipinski definition) is 2. The molecule has 2 aromatic carbocycles. The van der Waals surface area contributed by atoms with Gasteiger partial charge in [-0.05, 0) is 42.5 Å². The third kappa shape index (κ3) is 4.94. The molecular weight excluding hydrogens is 420 g/mol. The van der Waals surface area contributed by atoms with Gasteiger partial charge in [-0.25, -0.2) is 13.1 Å². The zero-order valence-corrected chi connectivity index (χ0v) is 15.7. The lowest BCUT2D eigenvalue weighted by atomic mass is 10.3. The Morgan fingerprint density at radius 3 is 2.46 bits per heavy atom. The van der Waals surface area contributed by atoms with Crippen molar-refractivity contribution in [1.82, 2.24) is 4.72 Å². The summed E-state index contributed by atoms with van der Waals surface area (Å²) in [5.41, 5.74) is 0.439.